The highest BCUT2D eigenvalue weighted by Gasteiger charge is 2.49. The highest BCUT2D eigenvalue weighted by Crippen LogP contribution is 2.45. The molecule has 2 atom stereocenters. The Kier molecular flexibility index (Phi) is 5.43. The summed E-state index contributed by atoms with van der Waals surface area (Å²) in [6.07, 6.45) is 1.85. The fraction of sp³-hybridized carbons (Fsp3) is 0.333. The molecule has 3 aromatic rings. The van der Waals surface area contributed by atoms with E-state index >= 15 is 4.39 Å². The first-order valence-corrected chi connectivity index (χ1v) is 10.1. The molecule has 1 saturated heterocycles. The number of benzene rings is 2. The molecule has 1 aliphatic rings. The van der Waals surface area contributed by atoms with Crippen molar-refractivity contribution in [3.8, 4) is 0 Å². The van der Waals surface area contributed by atoms with Crippen LogP contribution >= 0.6 is 0 Å². The van der Waals surface area contributed by atoms with E-state index in [9.17, 15) is 9.59 Å². The number of furan rings is 1. The molecular formula is C24H24FNO4. The number of ketones is 1. The van der Waals surface area contributed by atoms with Gasteiger partial charge in [0.05, 0.1) is 11.8 Å². The van der Waals surface area contributed by atoms with Crippen LogP contribution in [0.3, 0.4) is 0 Å². The third-order valence-corrected chi connectivity index (χ3v) is 5.93. The molecule has 2 unspecified atom stereocenters. The quantitative estimate of drug-likeness (QED) is 0.461. The number of fused-ring (bicyclic) bond motifs is 1. The van der Waals surface area contributed by atoms with Gasteiger partial charge in [0.15, 0.2) is 0 Å². The van der Waals surface area contributed by atoms with Crippen LogP contribution in [-0.4, -0.2) is 29.7 Å². The summed E-state index contributed by atoms with van der Waals surface area (Å²) in [4.78, 5) is 26.3. The Hall–Kier alpha value is -2.99. The molecule has 0 radical (unpaired) electrons. The van der Waals surface area contributed by atoms with Crippen molar-refractivity contribution in [1.29, 1.82) is 0 Å². The number of hydrogen-bond acceptors (Lipinski definition) is 5. The number of ether oxygens (including phenoxy) is 1. The van der Waals surface area contributed by atoms with Crippen LogP contribution in [0.5, 0.6) is 0 Å². The van der Waals surface area contributed by atoms with Gasteiger partial charge in [0.2, 0.25) is 5.78 Å². The van der Waals surface area contributed by atoms with Crippen molar-refractivity contribution in [2.24, 2.45) is 5.92 Å². The van der Waals surface area contributed by atoms with E-state index in [0.29, 0.717) is 25.1 Å². The van der Waals surface area contributed by atoms with Gasteiger partial charge in [0.1, 0.15) is 17.0 Å². The molecule has 0 saturated carbocycles. The summed E-state index contributed by atoms with van der Waals surface area (Å²) >= 11 is 0. The second-order valence-electron chi connectivity index (χ2n) is 7.97. The van der Waals surface area contributed by atoms with Crippen LogP contribution in [0.15, 0.2) is 59.2 Å². The SMILES string of the molecule is CC(=O)C(=O)OC1(c2c(F)ccc3ccoc23)CCN(Cc2ccccc2)CC1C. The summed E-state index contributed by atoms with van der Waals surface area (Å²) in [6.45, 7) is 4.99. The lowest BCUT2D eigenvalue weighted by atomic mass is 9.75. The van der Waals surface area contributed by atoms with Gasteiger partial charge in [-0.05, 0) is 23.8 Å². The van der Waals surface area contributed by atoms with E-state index in [-0.39, 0.29) is 11.5 Å². The highest BCUT2D eigenvalue weighted by molar-refractivity contribution is 6.32. The minimum Gasteiger partial charge on any atom is -0.464 e. The van der Waals surface area contributed by atoms with Gasteiger partial charge in [0, 0.05) is 44.3 Å². The van der Waals surface area contributed by atoms with E-state index in [2.05, 4.69) is 17.0 Å². The van der Waals surface area contributed by atoms with Gasteiger partial charge in [0.25, 0.3) is 0 Å². The van der Waals surface area contributed by atoms with Crippen LogP contribution in [0.25, 0.3) is 11.0 Å². The zero-order chi connectivity index (χ0) is 21.3. The molecule has 156 valence electrons. The number of piperidine rings is 1. The average Bonchev–Trinajstić information content (AvgIpc) is 3.19. The maximum atomic E-state index is 15.1. The van der Waals surface area contributed by atoms with Crippen molar-refractivity contribution in [2.75, 3.05) is 13.1 Å². The summed E-state index contributed by atoms with van der Waals surface area (Å²) < 4.78 is 26.5. The molecule has 1 aliphatic heterocycles. The molecule has 1 aromatic heterocycles. The van der Waals surface area contributed by atoms with Crippen LogP contribution in [0, 0.1) is 11.7 Å². The van der Waals surface area contributed by atoms with E-state index in [0.717, 1.165) is 18.9 Å². The molecule has 0 spiro atoms. The minimum atomic E-state index is -1.28. The largest absolute Gasteiger partial charge is 0.464 e. The molecule has 0 amide bonds. The maximum Gasteiger partial charge on any atom is 0.375 e. The number of carbonyl (C=O) groups excluding carboxylic acids is 2. The Balaban J connectivity index is 1.72. The number of Topliss-reactive ketones (excluding diaryl/α,β-unsaturated/α-hetero) is 1. The van der Waals surface area contributed by atoms with Gasteiger partial charge in [-0.15, -0.1) is 0 Å². The van der Waals surface area contributed by atoms with Crippen molar-refractivity contribution < 1.29 is 23.1 Å². The zero-order valence-electron chi connectivity index (χ0n) is 17.1. The van der Waals surface area contributed by atoms with Gasteiger partial charge < -0.3 is 9.15 Å². The average molecular weight is 409 g/mol. The molecule has 1 fully saturated rings. The first-order valence-electron chi connectivity index (χ1n) is 10.1. The molecule has 6 heteroatoms. The molecular weight excluding hydrogens is 385 g/mol. The molecule has 4 rings (SSSR count). The Morgan fingerprint density at radius 3 is 2.67 bits per heavy atom. The Morgan fingerprint density at radius 2 is 1.97 bits per heavy atom. The van der Waals surface area contributed by atoms with Crippen molar-refractivity contribution in [3.05, 3.63) is 71.7 Å². The topological polar surface area (TPSA) is 59.8 Å². The highest BCUT2D eigenvalue weighted by atomic mass is 19.1. The number of likely N-dealkylation sites (tertiary alicyclic amines) is 1. The number of nitrogens with zero attached hydrogens (tertiary/aromatic N) is 1. The number of hydrogen-bond donors (Lipinski definition) is 0. The standard InChI is InChI=1S/C24H24FNO4/c1-16-14-26(15-18-6-4-3-5-7-18)12-11-24(16,30-23(28)17(2)27)21-20(25)9-8-19-10-13-29-22(19)21/h3-10,13,16H,11-12,14-15H2,1-2H3. The second kappa shape index (κ2) is 8.03. The van der Waals surface area contributed by atoms with E-state index in [1.807, 2.05) is 25.1 Å². The van der Waals surface area contributed by atoms with Crippen molar-refractivity contribution in [1.82, 2.24) is 4.90 Å². The van der Waals surface area contributed by atoms with Crippen molar-refractivity contribution in [3.63, 3.8) is 0 Å². The van der Waals surface area contributed by atoms with Crippen molar-refractivity contribution >= 4 is 22.7 Å². The van der Waals surface area contributed by atoms with Gasteiger partial charge in [-0.25, -0.2) is 9.18 Å². The molecule has 2 aromatic carbocycles. The van der Waals surface area contributed by atoms with Crippen LogP contribution in [0.2, 0.25) is 0 Å². The summed E-state index contributed by atoms with van der Waals surface area (Å²) in [7, 11) is 0. The molecule has 0 bridgehead atoms. The normalized spacial score (nSPS) is 22.2. The lowest BCUT2D eigenvalue weighted by Crippen LogP contribution is -2.52. The zero-order valence-corrected chi connectivity index (χ0v) is 17.1. The number of esters is 1. The molecule has 0 N–H and O–H groups in total. The van der Waals surface area contributed by atoms with Gasteiger partial charge in [-0.2, -0.15) is 0 Å². The summed E-state index contributed by atoms with van der Waals surface area (Å²) in [5.41, 5.74) is 0.468. The predicted octanol–water partition coefficient (Wildman–Crippen LogP) is 4.44. The lowest BCUT2D eigenvalue weighted by molar-refractivity contribution is -0.178. The third-order valence-electron chi connectivity index (χ3n) is 5.93. The Bertz CT molecular complexity index is 1080. The third kappa shape index (κ3) is 3.63. The Morgan fingerprint density at radius 1 is 1.20 bits per heavy atom. The fourth-order valence-electron chi connectivity index (χ4n) is 4.40. The molecule has 30 heavy (non-hydrogen) atoms. The first-order chi connectivity index (χ1) is 14.4. The van der Waals surface area contributed by atoms with E-state index < -0.39 is 23.2 Å². The lowest BCUT2D eigenvalue weighted by Gasteiger charge is -2.46. The van der Waals surface area contributed by atoms with E-state index in [1.54, 1.807) is 12.1 Å². The van der Waals surface area contributed by atoms with Crippen LogP contribution < -0.4 is 0 Å². The molecule has 5 nitrogen and oxygen atoms in total. The second-order valence-corrected chi connectivity index (χ2v) is 7.97. The predicted molar refractivity (Wildman–Crippen MR) is 110 cm³/mol. The van der Waals surface area contributed by atoms with Gasteiger partial charge >= 0.3 is 5.97 Å². The van der Waals surface area contributed by atoms with Gasteiger partial charge in [-0.3, -0.25) is 9.69 Å². The smallest absolute Gasteiger partial charge is 0.375 e. The Labute approximate surface area is 174 Å². The number of rotatable bonds is 5. The summed E-state index contributed by atoms with van der Waals surface area (Å²) in [6, 6.07) is 14.8. The monoisotopic (exact) mass is 409 g/mol. The minimum absolute atomic E-state index is 0.214. The summed E-state index contributed by atoms with van der Waals surface area (Å²) in [5, 5.41) is 0.726. The van der Waals surface area contributed by atoms with Crippen LogP contribution in [0.1, 0.15) is 31.4 Å². The summed E-state index contributed by atoms with van der Waals surface area (Å²) in [5.74, 6) is -2.43. The molecule has 2 heterocycles. The van der Waals surface area contributed by atoms with E-state index in [4.69, 9.17) is 9.15 Å². The number of carbonyl (C=O) groups is 2. The first kappa shape index (κ1) is 20.3. The van der Waals surface area contributed by atoms with Crippen LogP contribution in [-0.2, 0) is 26.5 Å². The van der Waals surface area contributed by atoms with Crippen LogP contribution in [0.4, 0.5) is 4.39 Å². The molecule has 0 aliphatic carbocycles. The van der Waals surface area contributed by atoms with Crippen molar-refractivity contribution in [2.45, 2.75) is 32.4 Å². The maximum absolute atomic E-state index is 15.1. The van der Waals surface area contributed by atoms with E-state index in [1.165, 1.54) is 17.9 Å². The van der Waals surface area contributed by atoms with Gasteiger partial charge in [-0.1, -0.05) is 37.3 Å². The fourth-order valence-corrected chi connectivity index (χ4v) is 4.40. The number of halogens is 1.